The van der Waals surface area contributed by atoms with Crippen LogP contribution in [0.2, 0.25) is 0 Å². The van der Waals surface area contributed by atoms with Gasteiger partial charge in [0.15, 0.2) is 0 Å². The first-order valence-corrected chi connectivity index (χ1v) is 14.7. The zero-order chi connectivity index (χ0) is 27.9. The Labute approximate surface area is 234 Å². The number of carbonyl (C=O) groups is 2. The molecule has 0 aliphatic carbocycles. The number of carbonyl (C=O) groups excluding carboxylic acids is 2. The van der Waals surface area contributed by atoms with Crippen molar-refractivity contribution in [3.63, 3.8) is 0 Å². The van der Waals surface area contributed by atoms with Crippen molar-refractivity contribution in [1.29, 1.82) is 0 Å². The minimum Gasteiger partial charge on any atom is -0.352 e. The van der Waals surface area contributed by atoms with Crippen molar-refractivity contribution in [2.75, 3.05) is 10.8 Å². The number of amides is 2. The number of nitrogens with one attached hydrogen (secondary N) is 1. The Morgan fingerprint density at radius 2 is 1.61 bits per heavy atom. The molecule has 38 heavy (non-hydrogen) atoms. The van der Waals surface area contributed by atoms with Crippen molar-refractivity contribution in [3.8, 4) is 0 Å². The molecule has 0 saturated carbocycles. The van der Waals surface area contributed by atoms with Crippen LogP contribution in [0.3, 0.4) is 0 Å². The third-order valence-electron chi connectivity index (χ3n) is 6.34. The number of anilines is 1. The minimum atomic E-state index is -4.07. The molecule has 3 aromatic rings. The van der Waals surface area contributed by atoms with E-state index in [0.717, 1.165) is 26.3 Å². The van der Waals surface area contributed by atoms with Gasteiger partial charge in [0.2, 0.25) is 11.8 Å². The summed E-state index contributed by atoms with van der Waals surface area (Å²) in [5, 5.41) is 2.94. The Kier molecular flexibility index (Phi) is 10.1. The van der Waals surface area contributed by atoms with Gasteiger partial charge in [0, 0.05) is 17.1 Å². The maximum absolute atomic E-state index is 13.9. The van der Waals surface area contributed by atoms with Crippen molar-refractivity contribution in [1.82, 2.24) is 10.2 Å². The number of hydrogen-bond donors (Lipinski definition) is 1. The maximum atomic E-state index is 13.9. The van der Waals surface area contributed by atoms with E-state index in [-0.39, 0.29) is 23.4 Å². The molecule has 0 spiro atoms. The van der Waals surface area contributed by atoms with Gasteiger partial charge in [0.1, 0.15) is 12.6 Å². The van der Waals surface area contributed by atoms with Gasteiger partial charge >= 0.3 is 0 Å². The highest BCUT2D eigenvalue weighted by atomic mass is 79.9. The van der Waals surface area contributed by atoms with Crippen molar-refractivity contribution in [2.45, 2.75) is 57.6 Å². The molecule has 2 atom stereocenters. The van der Waals surface area contributed by atoms with E-state index in [1.54, 1.807) is 49.4 Å². The molecule has 0 saturated heterocycles. The van der Waals surface area contributed by atoms with E-state index in [0.29, 0.717) is 5.69 Å². The van der Waals surface area contributed by atoms with Crippen LogP contribution >= 0.6 is 15.9 Å². The molecule has 0 heterocycles. The number of rotatable bonds is 11. The first kappa shape index (κ1) is 29.4. The third-order valence-corrected chi connectivity index (χ3v) is 8.62. The number of halogens is 1. The van der Waals surface area contributed by atoms with E-state index < -0.39 is 28.5 Å². The summed E-state index contributed by atoms with van der Waals surface area (Å²) in [6, 6.07) is 21.6. The summed E-state index contributed by atoms with van der Waals surface area (Å²) in [4.78, 5) is 28.5. The van der Waals surface area contributed by atoms with Gasteiger partial charge in [0.25, 0.3) is 10.0 Å². The first-order valence-electron chi connectivity index (χ1n) is 12.5. The fourth-order valence-corrected chi connectivity index (χ4v) is 5.72. The lowest BCUT2D eigenvalue weighted by molar-refractivity contribution is -0.139. The largest absolute Gasteiger partial charge is 0.352 e. The third kappa shape index (κ3) is 7.45. The van der Waals surface area contributed by atoms with Crippen LogP contribution in [0, 0.1) is 6.92 Å². The topological polar surface area (TPSA) is 86.8 Å². The zero-order valence-electron chi connectivity index (χ0n) is 22.1. The van der Waals surface area contributed by atoms with Gasteiger partial charge in [-0.1, -0.05) is 70.9 Å². The van der Waals surface area contributed by atoms with Crippen LogP contribution in [0.15, 0.2) is 88.2 Å². The molecule has 202 valence electrons. The standard InChI is InChI=1S/C29H34BrN3O4S/c1-5-22(3)31-29(35)23(4)32(19-24-10-9-11-25(30)18-24)28(34)20-33(26-16-14-21(2)15-17-26)38(36,37)27-12-7-6-8-13-27/h6-18,22-23H,5,19-20H2,1-4H3,(H,31,35)/t22-,23+/m0/s1. The van der Waals surface area contributed by atoms with Crippen LogP contribution in [0.25, 0.3) is 0 Å². The summed E-state index contributed by atoms with van der Waals surface area (Å²) in [6.45, 7) is 7.11. The Morgan fingerprint density at radius 3 is 2.21 bits per heavy atom. The molecule has 0 aliphatic heterocycles. The fourth-order valence-electron chi connectivity index (χ4n) is 3.84. The number of benzene rings is 3. The van der Waals surface area contributed by atoms with Gasteiger partial charge in [-0.25, -0.2) is 8.42 Å². The monoisotopic (exact) mass is 599 g/mol. The molecule has 0 fully saturated rings. The Bertz CT molecular complexity index is 1350. The molecule has 0 aliphatic rings. The highest BCUT2D eigenvalue weighted by molar-refractivity contribution is 9.10. The first-order chi connectivity index (χ1) is 18.0. The Morgan fingerprint density at radius 1 is 0.947 bits per heavy atom. The smallest absolute Gasteiger partial charge is 0.264 e. The molecular weight excluding hydrogens is 566 g/mol. The molecule has 0 aromatic heterocycles. The average Bonchev–Trinajstić information content (AvgIpc) is 2.90. The van der Waals surface area contributed by atoms with E-state index in [2.05, 4.69) is 21.2 Å². The van der Waals surface area contributed by atoms with Crippen LogP contribution in [0.4, 0.5) is 5.69 Å². The molecule has 0 bridgehead atoms. The molecule has 3 rings (SSSR count). The predicted octanol–water partition coefficient (Wildman–Crippen LogP) is 5.28. The summed E-state index contributed by atoms with van der Waals surface area (Å²) in [5.74, 6) is -0.785. The highest BCUT2D eigenvalue weighted by Gasteiger charge is 2.32. The second kappa shape index (κ2) is 13.1. The normalized spacial score (nSPS) is 12.9. The summed E-state index contributed by atoms with van der Waals surface area (Å²) in [6.07, 6.45) is 0.745. The quantitative estimate of drug-likeness (QED) is 0.324. The predicted molar refractivity (Wildman–Crippen MR) is 154 cm³/mol. The SMILES string of the molecule is CC[C@H](C)NC(=O)[C@@H](C)N(Cc1cccc(Br)c1)C(=O)CN(c1ccc(C)cc1)S(=O)(=O)c1ccccc1. The van der Waals surface area contributed by atoms with E-state index in [1.165, 1.54) is 17.0 Å². The molecule has 0 unspecified atom stereocenters. The van der Waals surface area contributed by atoms with Crippen molar-refractivity contribution >= 4 is 43.5 Å². The van der Waals surface area contributed by atoms with E-state index >= 15 is 0 Å². The summed E-state index contributed by atoms with van der Waals surface area (Å²) >= 11 is 3.46. The lowest BCUT2D eigenvalue weighted by Gasteiger charge is -2.32. The van der Waals surface area contributed by atoms with Gasteiger partial charge in [0.05, 0.1) is 10.6 Å². The molecule has 2 amide bonds. The molecule has 9 heteroatoms. The van der Waals surface area contributed by atoms with Gasteiger partial charge in [-0.15, -0.1) is 0 Å². The molecule has 1 N–H and O–H groups in total. The lowest BCUT2D eigenvalue weighted by atomic mass is 10.1. The van der Waals surface area contributed by atoms with Crippen LogP contribution in [0.5, 0.6) is 0 Å². The molecular formula is C29H34BrN3O4S. The van der Waals surface area contributed by atoms with Gasteiger partial charge in [-0.3, -0.25) is 13.9 Å². The fraction of sp³-hybridized carbons (Fsp3) is 0.310. The lowest BCUT2D eigenvalue weighted by Crippen LogP contribution is -2.52. The molecule has 0 radical (unpaired) electrons. The second-order valence-corrected chi connectivity index (χ2v) is 12.1. The summed E-state index contributed by atoms with van der Waals surface area (Å²) in [5.41, 5.74) is 2.14. The minimum absolute atomic E-state index is 0.0599. The van der Waals surface area contributed by atoms with Crippen LogP contribution in [-0.2, 0) is 26.2 Å². The van der Waals surface area contributed by atoms with E-state index in [4.69, 9.17) is 0 Å². The van der Waals surface area contributed by atoms with Crippen molar-refractivity contribution in [2.24, 2.45) is 0 Å². The summed E-state index contributed by atoms with van der Waals surface area (Å²) < 4.78 is 29.4. The molecule has 3 aromatic carbocycles. The summed E-state index contributed by atoms with van der Waals surface area (Å²) in [7, 11) is -4.07. The van der Waals surface area contributed by atoms with Gasteiger partial charge < -0.3 is 10.2 Å². The number of nitrogens with zero attached hydrogens (tertiary/aromatic N) is 2. The molecule has 7 nitrogen and oxygen atoms in total. The zero-order valence-corrected chi connectivity index (χ0v) is 24.5. The van der Waals surface area contributed by atoms with Crippen LogP contribution in [-0.4, -0.2) is 43.8 Å². The van der Waals surface area contributed by atoms with Crippen molar-refractivity contribution in [3.05, 3.63) is 94.5 Å². The Hall–Kier alpha value is -3.17. The number of hydrogen-bond acceptors (Lipinski definition) is 4. The van der Waals surface area contributed by atoms with Crippen LogP contribution < -0.4 is 9.62 Å². The van der Waals surface area contributed by atoms with E-state index in [1.807, 2.05) is 45.0 Å². The number of aryl methyl sites for hydroxylation is 1. The van der Waals surface area contributed by atoms with Crippen molar-refractivity contribution < 1.29 is 18.0 Å². The van der Waals surface area contributed by atoms with E-state index in [9.17, 15) is 18.0 Å². The second-order valence-electron chi connectivity index (χ2n) is 9.31. The average molecular weight is 601 g/mol. The van der Waals surface area contributed by atoms with Crippen LogP contribution in [0.1, 0.15) is 38.3 Å². The maximum Gasteiger partial charge on any atom is 0.264 e. The van der Waals surface area contributed by atoms with Gasteiger partial charge in [-0.2, -0.15) is 0 Å². The highest BCUT2D eigenvalue weighted by Crippen LogP contribution is 2.25. The Balaban J connectivity index is 2.01. The van der Waals surface area contributed by atoms with Gasteiger partial charge in [-0.05, 0) is 69.2 Å². The number of sulfonamides is 1.